The Morgan fingerprint density at radius 3 is 2.68 bits per heavy atom. The third-order valence-corrected chi connectivity index (χ3v) is 7.51. The molecule has 1 aliphatic rings. The van der Waals surface area contributed by atoms with E-state index in [2.05, 4.69) is 29.9 Å². The average Bonchev–Trinajstić information content (AvgIpc) is 3.31. The molecule has 13 heteroatoms. The van der Waals surface area contributed by atoms with E-state index >= 15 is 0 Å². The van der Waals surface area contributed by atoms with E-state index in [1.165, 1.54) is 19.4 Å². The summed E-state index contributed by atoms with van der Waals surface area (Å²) in [6.45, 7) is 4.94. The van der Waals surface area contributed by atoms with E-state index in [9.17, 15) is 17.2 Å². The van der Waals surface area contributed by atoms with Gasteiger partial charge >= 0.3 is 0 Å². The quantitative estimate of drug-likeness (QED) is 0.293. The molecule has 0 bridgehead atoms. The number of pyridine rings is 1. The molecule has 0 aliphatic carbocycles. The molecule has 1 fully saturated rings. The van der Waals surface area contributed by atoms with Crippen LogP contribution in [0.5, 0.6) is 5.88 Å². The number of nitrogens with zero attached hydrogens (tertiary/aromatic N) is 3. The first kappa shape index (κ1) is 25.8. The molecule has 4 aromatic rings. The van der Waals surface area contributed by atoms with Gasteiger partial charge in [0.25, 0.3) is 10.0 Å². The Balaban J connectivity index is 1.36. The van der Waals surface area contributed by atoms with Crippen LogP contribution in [0.25, 0.3) is 22.2 Å². The lowest BCUT2D eigenvalue weighted by molar-refractivity contribution is 0.0398. The first-order valence-corrected chi connectivity index (χ1v) is 13.4. The van der Waals surface area contributed by atoms with E-state index in [-0.39, 0.29) is 11.6 Å². The summed E-state index contributed by atoms with van der Waals surface area (Å²) < 4.78 is 66.0. The Morgan fingerprint density at radius 2 is 1.92 bits per heavy atom. The summed E-state index contributed by atoms with van der Waals surface area (Å²) in [4.78, 5) is 13.7. The van der Waals surface area contributed by atoms with Crippen LogP contribution < -0.4 is 14.8 Å². The highest BCUT2D eigenvalue weighted by atomic mass is 32.2. The van der Waals surface area contributed by atoms with E-state index in [1.54, 1.807) is 0 Å². The first-order chi connectivity index (χ1) is 18.3. The lowest BCUT2D eigenvalue weighted by Crippen LogP contribution is -2.39. The van der Waals surface area contributed by atoms with Crippen LogP contribution in [-0.2, 0) is 14.8 Å². The number of imidazole rings is 1. The van der Waals surface area contributed by atoms with Crippen LogP contribution >= 0.6 is 0 Å². The maximum atomic E-state index is 14.2. The van der Waals surface area contributed by atoms with Crippen molar-refractivity contribution < 1.29 is 26.7 Å². The van der Waals surface area contributed by atoms with Gasteiger partial charge in [0, 0.05) is 44.0 Å². The van der Waals surface area contributed by atoms with Crippen LogP contribution in [0, 0.1) is 11.6 Å². The van der Waals surface area contributed by atoms with E-state index in [0.717, 1.165) is 68.1 Å². The van der Waals surface area contributed by atoms with Crippen LogP contribution in [0.1, 0.15) is 0 Å². The summed E-state index contributed by atoms with van der Waals surface area (Å²) in [5.74, 6) is -1.45. The molecule has 0 radical (unpaired) electrons. The van der Waals surface area contributed by atoms with Gasteiger partial charge in [-0.2, -0.15) is 0 Å². The predicted molar refractivity (Wildman–Crippen MR) is 139 cm³/mol. The molecular weight excluding hydrogens is 518 g/mol. The molecule has 0 spiro atoms. The van der Waals surface area contributed by atoms with E-state index in [4.69, 9.17) is 9.47 Å². The number of fused-ring (bicyclic) bond motifs is 1. The Bertz CT molecular complexity index is 1560. The van der Waals surface area contributed by atoms with Crippen molar-refractivity contribution in [3.05, 3.63) is 60.3 Å². The largest absolute Gasteiger partial charge is 0.480 e. The van der Waals surface area contributed by atoms with Crippen molar-refractivity contribution in [2.24, 2.45) is 0 Å². The lowest BCUT2D eigenvalue weighted by Gasteiger charge is -2.26. The second-order valence-corrected chi connectivity index (χ2v) is 10.3. The molecule has 38 heavy (non-hydrogen) atoms. The molecule has 0 saturated carbocycles. The molecule has 1 saturated heterocycles. The maximum Gasteiger partial charge on any atom is 0.264 e. The van der Waals surface area contributed by atoms with Crippen molar-refractivity contribution in [3.8, 4) is 17.0 Å². The van der Waals surface area contributed by atoms with Gasteiger partial charge in [0.2, 0.25) is 11.8 Å². The zero-order valence-corrected chi connectivity index (χ0v) is 21.3. The SMILES string of the molecule is COc1ncc(-c2ccc3nc(NCCN4CCOCC4)[nH]c3c2)cc1NS(=O)(=O)c1ccc(F)cc1F. The molecule has 1 aliphatic heterocycles. The summed E-state index contributed by atoms with van der Waals surface area (Å²) in [5.41, 5.74) is 2.87. The minimum Gasteiger partial charge on any atom is -0.480 e. The number of hydrogen-bond donors (Lipinski definition) is 3. The fourth-order valence-corrected chi connectivity index (χ4v) is 5.28. The van der Waals surface area contributed by atoms with Gasteiger partial charge in [-0.15, -0.1) is 0 Å². The Hall–Kier alpha value is -3.81. The van der Waals surface area contributed by atoms with Gasteiger partial charge in [0.15, 0.2) is 0 Å². The molecule has 0 unspecified atom stereocenters. The summed E-state index contributed by atoms with van der Waals surface area (Å²) in [7, 11) is -3.05. The number of anilines is 2. The number of rotatable bonds is 9. The summed E-state index contributed by atoms with van der Waals surface area (Å²) in [6.07, 6.45) is 1.54. The topological polar surface area (TPSA) is 121 Å². The van der Waals surface area contributed by atoms with Gasteiger partial charge in [-0.1, -0.05) is 6.07 Å². The second kappa shape index (κ2) is 10.9. The smallest absolute Gasteiger partial charge is 0.264 e. The number of hydrogen-bond acceptors (Lipinski definition) is 8. The standard InChI is InChI=1S/C25H26F2N6O4S/c1-36-24-22(32-38(34,35)23-5-3-18(26)14-19(23)27)13-17(15-29-24)16-2-4-20-21(12-16)31-25(30-20)28-6-7-33-8-10-37-11-9-33/h2-5,12-15,32H,6-11H2,1H3,(H2,28,30,31). The highest BCUT2D eigenvalue weighted by molar-refractivity contribution is 7.92. The van der Waals surface area contributed by atoms with E-state index in [1.807, 2.05) is 18.2 Å². The normalized spacial score (nSPS) is 14.5. The Morgan fingerprint density at radius 1 is 1.11 bits per heavy atom. The van der Waals surface area contributed by atoms with Crippen LogP contribution in [-0.4, -0.2) is 74.8 Å². The monoisotopic (exact) mass is 544 g/mol. The zero-order valence-electron chi connectivity index (χ0n) is 20.5. The average molecular weight is 545 g/mol. The number of morpholine rings is 1. The predicted octanol–water partition coefficient (Wildman–Crippen LogP) is 3.46. The second-order valence-electron chi connectivity index (χ2n) is 8.66. The molecule has 2 aromatic carbocycles. The third kappa shape index (κ3) is 5.69. The highest BCUT2D eigenvalue weighted by Gasteiger charge is 2.22. The molecule has 200 valence electrons. The van der Waals surface area contributed by atoms with Crippen molar-refractivity contribution in [1.82, 2.24) is 19.9 Å². The maximum absolute atomic E-state index is 14.2. The van der Waals surface area contributed by atoms with Crippen LogP contribution in [0.4, 0.5) is 20.4 Å². The van der Waals surface area contributed by atoms with Crippen LogP contribution in [0.2, 0.25) is 0 Å². The van der Waals surface area contributed by atoms with Gasteiger partial charge in [0.1, 0.15) is 22.2 Å². The minimum atomic E-state index is -4.39. The molecule has 0 atom stereocenters. The van der Waals surface area contributed by atoms with Gasteiger partial charge < -0.3 is 19.8 Å². The summed E-state index contributed by atoms with van der Waals surface area (Å²) >= 11 is 0. The fourth-order valence-electron chi connectivity index (χ4n) is 4.17. The van der Waals surface area contributed by atoms with Gasteiger partial charge in [-0.05, 0) is 35.9 Å². The first-order valence-electron chi connectivity index (χ1n) is 11.9. The van der Waals surface area contributed by atoms with E-state index < -0.39 is 26.6 Å². The van der Waals surface area contributed by atoms with Crippen molar-refractivity contribution in [1.29, 1.82) is 0 Å². The van der Waals surface area contributed by atoms with Gasteiger partial charge in [-0.25, -0.2) is 27.2 Å². The number of benzene rings is 2. The molecule has 3 heterocycles. The van der Waals surface area contributed by atoms with E-state index in [0.29, 0.717) is 17.6 Å². The summed E-state index contributed by atoms with van der Waals surface area (Å²) in [5, 5.41) is 3.31. The molecule has 5 rings (SSSR count). The number of halogens is 2. The fraction of sp³-hybridized carbons (Fsp3) is 0.280. The highest BCUT2D eigenvalue weighted by Crippen LogP contribution is 2.32. The van der Waals surface area contributed by atoms with Gasteiger partial charge in [-0.3, -0.25) is 9.62 Å². The molecule has 10 nitrogen and oxygen atoms in total. The third-order valence-electron chi connectivity index (χ3n) is 6.11. The number of H-pyrrole nitrogens is 1. The van der Waals surface area contributed by atoms with Gasteiger partial charge in [0.05, 0.1) is 31.4 Å². The van der Waals surface area contributed by atoms with Crippen molar-refractivity contribution >= 4 is 32.7 Å². The zero-order chi connectivity index (χ0) is 26.7. The number of nitrogens with one attached hydrogen (secondary N) is 3. The molecule has 0 amide bonds. The van der Waals surface area contributed by atoms with Crippen molar-refractivity contribution in [3.63, 3.8) is 0 Å². The van der Waals surface area contributed by atoms with Crippen molar-refractivity contribution in [2.45, 2.75) is 4.90 Å². The number of sulfonamides is 1. The minimum absolute atomic E-state index is 0.00361. The summed E-state index contributed by atoms with van der Waals surface area (Å²) in [6, 6.07) is 9.31. The van der Waals surface area contributed by atoms with Crippen molar-refractivity contribution in [2.75, 3.05) is 56.5 Å². The van der Waals surface area contributed by atoms with Crippen LogP contribution in [0.3, 0.4) is 0 Å². The molecule has 2 aromatic heterocycles. The molecule has 3 N–H and O–H groups in total. The lowest BCUT2D eigenvalue weighted by atomic mass is 10.1. The number of methoxy groups -OCH3 is 1. The molecular formula is C25H26F2N6O4S. The Labute approximate surface area is 218 Å². The van der Waals surface area contributed by atoms with Crippen LogP contribution in [0.15, 0.2) is 53.6 Å². The number of ether oxygens (including phenoxy) is 2. The Kier molecular flexibility index (Phi) is 7.40. The number of aromatic amines is 1. The number of aromatic nitrogens is 3.